The molecule has 0 aromatic carbocycles. The molecule has 0 radical (unpaired) electrons. The van der Waals surface area contributed by atoms with Crippen molar-refractivity contribution in [3.63, 3.8) is 0 Å². The van der Waals surface area contributed by atoms with Gasteiger partial charge in [-0.3, -0.25) is 9.69 Å². The third kappa shape index (κ3) is 3.67. The summed E-state index contributed by atoms with van der Waals surface area (Å²) in [5, 5.41) is 2.60. The lowest BCUT2D eigenvalue weighted by Gasteiger charge is -2.25. The van der Waals surface area contributed by atoms with E-state index in [0.29, 0.717) is 13.0 Å². The summed E-state index contributed by atoms with van der Waals surface area (Å²) >= 11 is 0. The first-order chi connectivity index (χ1) is 7.67. The van der Waals surface area contributed by atoms with Gasteiger partial charge in [0.05, 0.1) is 12.5 Å². The van der Waals surface area contributed by atoms with Gasteiger partial charge in [-0.1, -0.05) is 0 Å². The molecule has 0 bridgehead atoms. The van der Waals surface area contributed by atoms with Crippen molar-refractivity contribution in [3.05, 3.63) is 24.2 Å². The van der Waals surface area contributed by atoms with E-state index in [2.05, 4.69) is 10.2 Å². The van der Waals surface area contributed by atoms with Crippen LogP contribution in [0.1, 0.15) is 12.0 Å². The van der Waals surface area contributed by atoms with Gasteiger partial charge in [-0.15, -0.1) is 0 Å². The van der Waals surface area contributed by atoms with Gasteiger partial charge in [0.1, 0.15) is 0 Å². The number of likely N-dealkylation sites (N-methyl/N-ethyl adjacent to an activating group) is 1. The molecule has 1 unspecified atom stereocenters. The van der Waals surface area contributed by atoms with Crippen LogP contribution >= 0.6 is 0 Å². The molecule has 90 valence electrons. The number of furan rings is 1. The van der Waals surface area contributed by atoms with Gasteiger partial charge in [0.25, 0.3) is 0 Å². The Bertz CT molecular complexity index is 311. The molecule has 0 spiro atoms. The molecule has 1 aromatic heterocycles. The van der Waals surface area contributed by atoms with Gasteiger partial charge in [0.2, 0.25) is 5.91 Å². The molecule has 1 amide bonds. The Kier molecular flexibility index (Phi) is 5.01. The highest BCUT2D eigenvalue weighted by atomic mass is 16.3. The Balaban J connectivity index is 2.49. The van der Waals surface area contributed by atoms with Crippen LogP contribution in [0.2, 0.25) is 0 Å². The third-order valence-corrected chi connectivity index (χ3v) is 2.61. The van der Waals surface area contributed by atoms with Crippen LogP contribution in [0.15, 0.2) is 23.0 Å². The maximum atomic E-state index is 11.3. The lowest BCUT2D eigenvalue weighted by molar-refractivity contribution is -0.121. The first-order valence-electron chi connectivity index (χ1n) is 5.29. The van der Waals surface area contributed by atoms with Crippen molar-refractivity contribution in [3.8, 4) is 0 Å². The van der Waals surface area contributed by atoms with Gasteiger partial charge in [0, 0.05) is 38.2 Å². The van der Waals surface area contributed by atoms with E-state index in [1.807, 2.05) is 13.1 Å². The number of hydrogen-bond acceptors (Lipinski definition) is 4. The van der Waals surface area contributed by atoms with E-state index in [0.717, 1.165) is 12.1 Å². The van der Waals surface area contributed by atoms with Crippen LogP contribution < -0.4 is 11.1 Å². The average molecular weight is 225 g/mol. The number of carbonyl (C=O) groups is 1. The highest BCUT2D eigenvalue weighted by Gasteiger charge is 2.16. The van der Waals surface area contributed by atoms with Gasteiger partial charge < -0.3 is 15.5 Å². The second-order valence-electron chi connectivity index (χ2n) is 3.81. The second kappa shape index (κ2) is 6.30. The fourth-order valence-electron chi connectivity index (χ4n) is 1.53. The van der Waals surface area contributed by atoms with Crippen molar-refractivity contribution in [2.75, 3.05) is 20.6 Å². The Morgan fingerprint density at radius 2 is 2.44 bits per heavy atom. The number of amides is 1. The van der Waals surface area contributed by atoms with E-state index in [4.69, 9.17) is 10.2 Å². The lowest BCUT2D eigenvalue weighted by Crippen LogP contribution is -2.40. The van der Waals surface area contributed by atoms with E-state index >= 15 is 0 Å². The van der Waals surface area contributed by atoms with Crippen LogP contribution in [0.4, 0.5) is 0 Å². The maximum Gasteiger partial charge on any atom is 0.221 e. The Labute approximate surface area is 95.6 Å². The minimum absolute atomic E-state index is 0.00879. The van der Waals surface area contributed by atoms with Crippen molar-refractivity contribution in [1.82, 2.24) is 10.2 Å². The van der Waals surface area contributed by atoms with E-state index < -0.39 is 0 Å². The van der Waals surface area contributed by atoms with Crippen LogP contribution in [0.3, 0.4) is 0 Å². The summed E-state index contributed by atoms with van der Waals surface area (Å²) in [6.45, 7) is 1.19. The summed E-state index contributed by atoms with van der Waals surface area (Å²) in [4.78, 5) is 13.3. The topological polar surface area (TPSA) is 71.5 Å². The molecule has 0 aliphatic carbocycles. The molecule has 1 rings (SSSR count). The van der Waals surface area contributed by atoms with E-state index in [1.165, 1.54) is 0 Å². The van der Waals surface area contributed by atoms with Gasteiger partial charge in [-0.25, -0.2) is 0 Å². The molecular formula is C11H19N3O2. The summed E-state index contributed by atoms with van der Waals surface area (Å²) < 4.78 is 4.99. The predicted octanol–water partition coefficient (Wildman–Crippen LogP) is 0.175. The summed E-state index contributed by atoms with van der Waals surface area (Å²) in [5.41, 5.74) is 6.74. The zero-order valence-electron chi connectivity index (χ0n) is 9.77. The van der Waals surface area contributed by atoms with Crippen LogP contribution in [-0.2, 0) is 11.3 Å². The number of nitrogens with one attached hydrogen (secondary N) is 1. The maximum absolute atomic E-state index is 11.3. The number of hydrogen-bond donors (Lipinski definition) is 2. The molecule has 0 saturated carbocycles. The Hall–Kier alpha value is -1.33. The highest BCUT2D eigenvalue weighted by Crippen LogP contribution is 2.08. The smallest absolute Gasteiger partial charge is 0.221 e. The molecule has 0 saturated heterocycles. The van der Waals surface area contributed by atoms with Crippen LogP contribution in [0, 0.1) is 0 Å². The number of rotatable bonds is 6. The Morgan fingerprint density at radius 3 is 2.94 bits per heavy atom. The normalized spacial score (nSPS) is 12.8. The minimum atomic E-state index is 0.00879. The van der Waals surface area contributed by atoms with E-state index in [1.54, 1.807) is 19.6 Å². The van der Waals surface area contributed by atoms with Crippen molar-refractivity contribution in [2.45, 2.75) is 19.0 Å². The number of carbonyl (C=O) groups excluding carboxylic acids is 1. The van der Waals surface area contributed by atoms with Crippen LogP contribution in [0.25, 0.3) is 0 Å². The zero-order chi connectivity index (χ0) is 12.0. The summed E-state index contributed by atoms with van der Waals surface area (Å²) in [6.07, 6.45) is 3.75. The summed E-state index contributed by atoms with van der Waals surface area (Å²) in [5.74, 6) is 0.00879. The van der Waals surface area contributed by atoms with E-state index in [9.17, 15) is 4.79 Å². The molecular weight excluding hydrogens is 206 g/mol. The van der Waals surface area contributed by atoms with E-state index in [-0.39, 0.29) is 11.9 Å². The van der Waals surface area contributed by atoms with Gasteiger partial charge in [-0.05, 0) is 13.1 Å². The SMILES string of the molecule is CNC(=O)CC(CN)N(C)Cc1ccoc1. The average Bonchev–Trinajstić information content (AvgIpc) is 2.77. The van der Waals surface area contributed by atoms with Crippen molar-refractivity contribution in [1.29, 1.82) is 0 Å². The Morgan fingerprint density at radius 1 is 1.69 bits per heavy atom. The number of nitrogens with zero attached hydrogens (tertiary/aromatic N) is 1. The standard InChI is InChI=1S/C11H19N3O2/c1-13-11(15)5-10(6-12)14(2)7-9-3-4-16-8-9/h3-4,8,10H,5-7,12H2,1-2H3,(H,13,15). The molecule has 3 N–H and O–H groups in total. The quantitative estimate of drug-likeness (QED) is 0.724. The molecule has 0 fully saturated rings. The predicted molar refractivity (Wildman–Crippen MR) is 61.7 cm³/mol. The van der Waals surface area contributed by atoms with Gasteiger partial charge in [0.15, 0.2) is 0 Å². The molecule has 1 heterocycles. The van der Waals surface area contributed by atoms with Crippen LogP contribution in [-0.4, -0.2) is 37.5 Å². The molecule has 0 aliphatic heterocycles. The van der Waals surface area contributed by atoms with Crippen molar-refractivity contribution >= 4 is 5.91 Å². The minimum Gasteiger partial charge on any atom is -0.472 e. The largest absolute Gasteiger partial charge is 0.472 e. The van der Waals surface area contributed by atoms with Gasteiger partial charge in [-0.2, -0.15) is 0 Å². The van der Waals surface area contributed by atoms with Crippen molar-refractivity contribution < 1.29 is 9.21 Å². The molecule has 1 aromatic rings. The second-order valence-corrected chi connectivity index (χ2v) is 3.81. The molecule has 16 heavy (non-hydrogen) atoms. The molecule has 0 aliphatic rings. The third-order valence-electron chi connectivity index (χ3n) is 2.61. The summed E-state index contributed by atoms with van der Waals surface area (Å²) in [7, 11) is 3.58. The summed E-state index contributed by atoms with van der Waals surface area (Å²) in [6, 6.07) is 1.96. The monoisotopic (exact) mass is 225 g/mol. The molecule has 1 atom stereocenters. The zero-order valence-corrected chi connectivity index (χ0v) is 9.77. The lowest BCUT2D eigenvalue weighted by atomic mass is 10.1. The van der Waals surface area contributed by atoms with Crippen LogP contribution in [0.5, 0.6) is 0 Å². The fourth-order valence-corrected chi connectivity index (χ4v) is 1.53. The van der Waals surface area contributed by atoms with Gasteiger partial charge >= 0.3 is 0 Å². The fraction of sp³-hybridized carbons (Fsp3) is 0.545. The first-order valence-corrected chi connectivity index (χ1v) is 5.29. The van der Waals surface area contributed by atoms with Crippen molar-refractivity contribution in [2.24, 2.45) is 5.73 Å². The number of nitrogens with two attached hydrogens (primary N) is 1. The first kappa shape index (κ1) is 12.7. The highest BCUT2D eigenvalue weighted by molar-refractivity contribution is 5.76. The molecule has 5 heteroatoms. The molecule has 5 nitrogen and oxygen atoms in total.